The van der Waals surface area contributed by atoms with Crippen molar-refractivity contribution in [3.63, 3.8) is 0 Å². The van der Waals surface area contributed by atoms with Crippen LogP contribution in [0.4, 0.5) is 4.39 Å². The van der Waals surface area contributed by atoms with Gasteiger partial charge in [-0.1, -0.05) is 6.07 Å². The minimum absolute atomic E-state index is 0.0539. The maximum atomic E-state index is 15.4. The largest absolute Gasteiger partial charge is 0.486 e. The van der Waals surface area contributed by atoms with E-state index >= 15 is 4.39 Å². The first-order valence-corrected chi connectivity index (χ1v) is 11.7. The fourth-order valence-corrected chi connectivity index (χ4v) is 4.51. The highest BCUT2D eigenvalue weighted by atomic mass is 19.1. The fraction of sp³-hybridized carbons (Fsp3) is 0.360. The maximum absolute atomic E-state index is 15.4. The van der Waals surface area contributed by atoms with E-state index in [-0.39, 0.29) is 35.2 Å². The molecule has 1 amide bonds. The first kappa shape index (κ1) is 21.7. The van der Waals surface area contributed by atoms with Crippen molar-refractivity contribution < 1.29 is 13.9 Å². The molecule has 3 aromatic heterocycles. The number of aromatic nitrogens is 4. The number of nitrogens with one attached hydrogen (secondary N) is 2. The SMILES string of the molecule is Cc1cc2c(=O)[nH]c3c(F)c(CN4C[C@H](Oc5ccc(C(=O)NC6CC6)nc5)[C@H]4C)ccc3n2n1. The summed E-state index contributed by atoms with van der Waals surface area (Å²) in [7, 11) is 0. The molecular formula is C25H25FN6O3. The highest BCUT2D eigenvalue weighted by Gasteiger charge is 2.37. The zero-order valence-electron chi connectivity index (χ0n) is 19.4. The van der Waals surface area contributed by atoms with Gasteiger partial charge in [0.2, 0.25) is 0 Å². The van der Waals surface area contributed by atoms with E-state index in [2.05, 4.69) is 25.3 Å². The van der Waals surface area contributed by atoms with Crippen LogP contribution in [0.2, 0.25) is 0 Å². The normalized spacial score (nSPS) is 20.2. The lowest BCUT2D eigenvalue weighted by molar-refractivity contribution is -0.0419. The molecule has 0 radical (unpaired) electrons. The molecule has 2 atom stereocenters. The summed E-state index contributed by atoms with van der Waals surface area (Å²) in [5.74, 6) is -0.0163. The van der Waals surface area contributed by atoms with Crippen LogP contribution in [0.25, 0.3) is 16.6 Å². The Balaban J connectivity index is 1.13. The Kier molecular flexibility index (Phi) is 5.06. The van der Waals surface area contributed by atoms with Crippen molar-refractivity contribution >= 4 is 22.5 Å². The van der Waals surface area contributed by atoms with Gasteiger partial charge in [0.05, 0.1) is 17.4 Å². The van der Waals surface area contributed by atoms with E-state index in [1.165, 1.54) is 4.52 Å². The van der Waals surface area contributed by atoms with E-state index in [4.69, 9.17) is 4.74 Å². The summed E-state index contributed by atoms with van der Waals surface area (Å²) in [5, 5.41) is 7.24. The van der Waals surface area contributed by atoms with E-state index in [0.29, 0.717) is 46.8 Å². The standard InChI is InChI=1S/C25H25FN6O3/c1-13-9-20-25(34)29-23-19(32(20)30-13)8-3-15(22(23)26)11-31-12-21(14(31)2)35-17-6-7-18(27-10-17)24(33)28-16-4-5-16/h3,6-10,14,16,21H,4-5,11-12H2,1-2H3,(H,28,33)(H,29,34)/t14-,21+/m1/s1. The number of likely N-dealkylation sites (tertiary alicyclic amines) is 1. The number of fused-ring (bicyclic) bond motifs is 3. The van der Waals surface area contributed by atoms with Gasteiger partial charge in [-0.3, -0.25) is 14.5 Å². The number of H-pyrrole nitrogens is 1. The summed E-state index contributed by atoms with van der Waals surface area (Å²) in [6, 6.07) is 8.96. The molecule has 0 bridgehead atoms. The number of pyridine rings is 1. The lowest BCUT2D eigenvalue weighted by atomic mass is 9.99. The molecule has 0 spiro atoms. The van der Waals surface area contributed by atoms with Crippen LogP contribution in [-0.4, -0.2) is 55.1 Å². The Morgan fingerprint density at radius 3 is 2.80 bits per heavy atom. The van der Waals surface area contributed by atoms with Crippen LogP contribution in [0, 0.1) is 12.7 Å². The Labute approximate surface area is 199 Å². The minimum Gasteiger partial charge on any atom is -0.486 e. The molecule has 1 saturated heterocycles. The van der Waals surface area contributed by atoms with E-state index in [9.17, 15) is 9.59 Å². The van der Waals surface area contributed by atoms with Crippen LogP contribution >= 0.6 is 0 Å². The van der Waals surface area contributed by atoms with Gasteiger partial charge < -0.3 is 15.0 Å². The predicted molar refractivity (Wildman–Crippen MR) is 127 cm³/mol. The van der Waals surface area contributed by atoms with Gasteiger partial charge in [0, 0.05) is 30.7 Å². The average Bonchev–Trinajstić information content (AvgIpc) is 3.57. The zero-order valence-corrected chi connectivity index (χ0v) is 19.4. The first-order chi connectivity index (χ1) is 16.9. The number of amides is 1. The number of ether oxygens (including phenoxy) is 1. The summed E-state index contributed by atoms with van der Waals surface area (Å²) < 4.78 is 22.9. The maximum Gasteiger partial charge on any atom is 0.274 e. The molecule has 1 aliphatic carbocycles. The minimum atomic E-state index is -0.449. The summed E-state index contributed by atoms with van der Waals surface area (Å²) in [6.07, 6.45) is 3.54. The number of aromatic amines is 1. The first-order valence-electron chi connectivity index (χ1n) is 11.7. The fourth-order valence-electron chi connectivity index (χ4n) is 4.51. The monoisotopic (exact) mass is 476 g/mol. The Hall–Kier alpha value is -3.79. The topological polar surface area (TPSA) is 105 Å². The molecule has 9 nitrogen and oxygen atoms in total. The quantitative estimate of drug-likeness (QED) is 0.443. The third-order valence-electron chi connectivity index (χ3n) is 6.80. The second kappa shape index (κ2) is 8.16. The molecule has 1 aliphatic heterocycles. The van der Waals surface area contributed by atoms with E-state index in [0.717, 1.165) is 12.8 Å². The Morgan fingerprint density at radius 2 is 2.09 bits per heavy atom. The molecule has 0 unspecified atom stereocenters. The van der Waals surface area contributed by atoms with Crippen LogP contribution in [0.15, 0.2) is 41.3 Å². The van der Waals surface area contributed by atoms with Crippen molar-refractivity contribution in [2.24, 2.45) is 0 Å². The highest BCUT2D eigenvalue weighted by molar-refractivity contribution is 5.92. The number of halogens is 1. The highest BCUT2D eigenvalue weighted by Crippen LogP contribution is 2.28. The summed E-state index contributed by atoms with van der Waals surface area (Å²) in [6.45, 7) is 4.83. The van der Waals surface area contributed by atoms with Gasteiger partial charge in [-0.15, -0.1) is 0 Å². The number of benzene rings is 1. The van der Waals surface area contributed by atoms with Gasteiger partial charge in [-0.25, -0.2) is 13.9 Å². The Bertz CT molecular complexity index is 1510. The number of nitrogens with zero attached hydrogens (tertiary/aromatic N) is 4. The molecule has 4 heterocycles. The molecule has 10 heteroatoms. The van der Waals surface area contributed by atoms with E-state index in [1.807, 2.05) is 6.92 Å². The number of carbonyl (C=O) groups excluding carboxylic acids is 1. The predicted octanol–water partition coefficient (Wildman–Crippen LogP) is 2.56. The number of rotatable bonds is 6. The molecule has 4 aromatic rings. The second-order valence-electron chi connectivity index (χ2n) is 9.42. The summed E-state index contributed by atoms with van der Waals surface area (Å²) in [4.78, 5) is 33.5. The van der Waals surface area contributed by atoms with Crippen LogP contribution in [-0.2, 0) is 6.54 Å². The molecule has 1 saturated carbocycles. The van der Waals surface area contributed by atoms with Gasteiger partial charge >= 0.3 is 0 Å². The van der Waals surface area contributed by atoms with Crippen molar-refractivity contribution in [1.82, 2.24) is 29.8 Å². The molecular weight excluding hydrogens is 451 g/mol. The van der Waals surface area contributed by atoms with Crippen LogP contribution in [0.5, 0.6) is 5.75 Å². The van der Waals surface area contributed by atoms with E-state index in [1.54, 1.807) is 43.5 Å². The number of hydrogen-bond donors (Lipinski definition) is 2. The van der Waals surface area contributed by atoms with Gasteiger partial charge in [-0.05, 0) is 51.0 Å². The Morgan fingerprint density at radius 1 is 1.26 bits per heavy atom. The van der Waals surface area contributed by atoms with Crippen molar-refractivity contribution in [1.29, 1.82) is 0 Å². The molecule has 2 aliphatic rings. The number of carbonyl (C=O) groups is 1. The third kappa shape index (κ3) is 3.93. The molecule has 2 N–H and O–H groups in total. The van der Waals surface area contributed by atoms with Gasteiger partial charge in [0.15, 0.2) is 5.82 Å². The molecule has 1 aromatic carbocycles. The number of hydrogen-bond acceptors (Lipinski definition) is 6. The van der Waals surface area contributed by atoms with Crippen molar-refractivity contribution in [2.75, 3.05) is 6.54 Å². The van der Waals surface area contributed by atoms with Crippen molar-refractivity contribution in [2.45, 2.75) is 51.4 Å². The third-order valence-corrected chi connectivity index (χ3v) is 6.80. The van der Waals surface area contributed by atoms with Gasteiger partial charge in [0.1, 0.15) is 28.6 Å². The molecule has 180 valence electrons. The van der Waals surface area contributed by atoms with Gasteiger partial charge in [0.25, 0.3) is 11.5 Å². The smallest absolute Gasteiger partial charge is 0.274 e. The summed E-state index contributed by atoms with van der Waals surface area (Å²) >= 11 is 0. The molecule has 6 rings (SSSR count). The molecule has 35 heavy (non-hydrogen) atoms. The molecule has 2 fully saturated rings. The average molecular weight is 477 g/mol. The zero-order chi connectivity index (χ0) is 24.3. The van der Waals surface area contributed by atoms with Gasteiger partial charge in [-0.2, -0.15) is 5.10 Å². The van der Waals surface area contributed by atoms with Crippen molar-refractivity contribution in [3.05, 3.63) is 69.7 Å². The summed E-state index contributed by atoms with van der Waals surface area (Å²) in [5.41, 5.74) is 2.26. The van der Waals surface area contributed by atoms with Crippen LogP contribution < -0.4 is 15.6 Å². The second-order valence-corrected chi connectivity index (χ2v) is 9.42. The lowest BCUT2D eigenvalue weighted by Gasteiger charge is -2.45. The van der Waals surface area contributed by atoms with Crippen molar-refractivity contribution in [3.8, 4) is 5.75 Å². The lowest BCUT2D eigenvalue weighted by Crippen LogP contribution is -2.60. The van der Waals surface area contributed by atoms with E-state index < -0.39 is 5.82 Å². The van der Waals surface area contributed by atoms with Crippen LogP contribution in [0.1, 0.15) is 41.5 Å². The van der Waals surface area contributed by atoms with Crippen LogP contribution in [0.3, 0.4) is 0 Å². The number of aryl methyl sites for hydroxylation is 1.